The number of aromatic amines is 1. The number of amides is 1. The number of H-pyrrole nitrogens is 1. The van der Waals surface area contributed by atoms with E-state index < -0.39 is 0 Å². The Labute approximate surface area is 130 Å². The van der Waals surface area contributed by atoms with E-state index in [1.165, 1.54) is 0 Å². The van der Waals surface area contributed by atoms with Gasteiger partial charge >= 0.3 is 0 Å². The van der Waals surface area contributed by atoms with Gasteiger partial charge in [0.05, 0.1) is 5.69 Å². The molecule has 0 radical (unpaired) electrons. The van der Waals surface area contributed by atoms with E-state index in [1.807, 2.05) is 41.3 Å². The van der Waals surface area contributed by atoms with Gasteiger partial charge in [-0.25, -0.2) is 0 Å². The van der Waals surface area contributed by atoms with Gasteiger partial charge in [0.2, 0.25) is 0 Å². The molecule has 1 aromatic heterocycles. The molecule has 0 saturated heterocycles. The third-order valence-electron chi connectivity index (χ3n) is 3.93. The second kappa shape index (κ2) is 6.75. The lowest BCUT2D eigenvalue weighted by Crippen LogP contribution is -2.34. The van der Waals surface area contributed by atoms with Crippen molar-refractivity contribution in [3.05, 3.63) is 42.1 Å². The molecule has 5 heteroatoms. The molecule has 2 aromatic rings. The maximum atomic E-state index is 12.7. The molecule has 0 bridgehead atoms. The quantitative estimate of drug-likeness (QED) is 0.772. The van der Waals surface area contributed by atoms with Crippen LogP contribution in [0.5, 0.6) is 0 Å². The number of hydrogen-bond donors (Lipinski definition) is 2. The van der Waals surface area contributed by atoms with Gasteiger partial charge < -0.3 is 10.0 Å². The summed E-state index contributed by atoms with van der Waals surface area (Å²) in [4.78, 5) is 14.6. The standard InChI is InChI=1S/C17H21N3O2/c21-11-5-4-10-20(14-8-9-14)17(22)16-12-15(18-19-16)13-6-2-1-3-7-13/h1-3,6-7,12,14,21H,4-5,8-11H2,(H,18,19). The molecule has 1 heterocycles. The molecule has 1 aromatic carbocycles. The monoisotopic (exact) mass is 299 g/mol. The van der Waals surface area contributed by atoms with Crippen molar-refractivity contribution in [2.24, 2.45) is 0 Å². The van der Waals surface area contributed by atoms with Gasteiger partial charge in [0.1, 0.15) is 5.69 Å². The van der Waals surface area contributed by atoms with Crippen LogP contribution in [0.1, 0.15) is 36.2 Å². The highest BCUT2D eigenvalue weighted by atomic mass is 16.3. The molecule has 1 saturated carbocycles. The molecule has 3 rings (SSSR count). The number of nitrogens with one attached hydrogen (secondary N) is 1. The van der Waals surface area contributed by atoms with Gasteiger partial charge in [-0.05, 0) is 31.7 Å². The van der Waals surface area contributed by atoms with Gasteiger partial charge in [-0.1, -0.05) is 30.3 Å². The SMILES string of the molecule is O=C(c1cc(-c2ccccc2)n[nH]1)N(CCCCO)C1CC1. The van der Waals surface area contributed by atoms with Crippen molar-refractivity contribution >= 4 is 5.91 Å². The first-order chi connectivity index (χ1) is 10.8. The number of aliphatic hydroxyl groups excluding tert-OH is 1. The average molecular weight is 299 g/mol. The summed E-state index contributed by atoms with van der Waals surface area (Å²) in [6, 6.07) is 12.0. The minimum absolute atomic E-state index is 0.00937. The van der Waals surface area contributed by atoms with E-state index in [-0.39, 0.29) is 12.5 Å². The van der Waals surface area contributed by atoms with E-state index in [0.29, 0.717) is 18.3 Å². The average Bonchev–Trinajstić information content (AvgIpc) is 3.27. The fraction of sp³-hybridized carbons (Fsp3) is 0.412. The first kappa shape index (κ1) is 14.8. The van der Waals surface area contributed by atoms with E-state index >= 15 is 0 Å². The zero-order chi connectivity index (χ0) is 15.4. The van der Waals surface area contributed by atoms with Crippen molar-refractivity contribution in [1.82, 2.24) is 15.1 Å². The number of benzene rings is 1. The van der Waals surface area contributed by atoms with Crippen LogP contribution in [0, 0.1) is 0 Å². The number of nitrogens with zero attached hydrogens (tertiary/aromatic N) is 2. The van der Waals surface area contributed by atoms with Crippen molar-refractivity contribution in [3.63, 3.8) is 0 Å². The van der Waals surface area contributed by atoms with Crippen LogP contribution in [0.4, 0.5) is 0 Å². The molecule has 0 atom stereocenters. The first-order valence-electron chi connectivity index (χ1n) is 7.82. The molecular weight excluding hydrogens is 278 g/mol. The van der Waals surface area contributed by atoms with Crippen molar-refractivity contribution in [3.8, 4) is 11.3 Å². The Balaban J connectivity index is 1.72. The van der Waals surface area contributed by atoms with E-state index in [2.05, 4.69) is 10.2 Å². The summed E-state index contributed by atoms with van der Waals surface area (Å²) in [5.41, 5.74) is 2.32. The normalized spacial score (nSPS) is 14.0. The second-order valence-electron chi connectivity index (χ2n) is 5.69. The van der Waals surface area contributed by atoms with Crippen molar-refractivity contribution < 1.29 is 9.90 Å². The Bertz CT molecular complexity index is 620. The number of rotatable bonds is 7. The number of aromatic nitrogens is 2. The fourth-order valence-corrected chi connectivity index (χ4v) is 2.57. The number of carbonyl (C=O) groups excluding carboxylic acids is 1. The summed E-state index contributed by atoms with van der Waals surface area (Å²) in [5.74, 6) is 0.00937. The van der Waals surface area contributed by atoms with Gasteiger partial charge in [0.25, 0.3) is 5.91 Å². The highest BCUT2D eigenvalue weighted by Gasteiger charge is 2.33. The van der Waals surface area contributed by atoms with Crippen molar-refractivity contribution in [2.45, 2.75) is 31.7 Å². The molecular formula is C17H21N3O2. The summed E-state index contributed by atoms with van der Waals surface area (Å²) < 4.78 is 0. The van der Waals surface area contributed by atoms with Gasteiger partial charge in [0, 0.05) is 24.8 Å². The van der Waals surface area contributed by atoms with Crippen LogP contribution in [-0.4, -0.2) is 45.3 Å². The molecule has 1 aliphatic carbocycles. The first-order valence-corrected chi connectivity index (χ1v) is 7.82. The van der Waals surface area contributed by atoms with Crippen LogP contribution in [-0.2, 0) is 0 Å². The van der Waals surface area contributed by atoms with Crippen molar-refractivity contribution in [2.75, 3.05) is 13.2 Å². The Kier molecular flexibility index (Phi) is 4.53. The third-order valence-corrected chi connectivity index (χ3v) is 3.93. The lowest BCUT2D eigenvalue weighted by atomic mass is 10.1. The lowest BCUT2D eigenvalue weighted by Gasteiger charge is -2.21. The maximum Gasteiger partial charge on any atom is 0.272 e. The fourth-order valence-electron chi connectivity index (χ4n) is 2.57. The molecule has 116 valence electrons. The molecule has 0 spiro atoms. The van der Waals surface area contributed by atoms with Gasteiger partial charge in [-0.3, -0.25) is 9.89 Å². The largest absolute Gasteiger partial charge is 0.396 e. The van der Waals surface area contributed by atoms with Crippen LogP contribution < -0.4 is 0 Å². The number of unbranched alkanes of at least 4 members (excludes halogenated alkanes) is 1. The van der Waals surface area contributed by atoms with Crippen molar-refractivity contribution in [1.29, 1.82) is 0 Å². The predicted molar refractivity (Wildman–Crippen MR) is 84.4 cm³/mol. The Morgan fingerprint density at radius 1 is 1.27 bits per heavy atom. The van der Waals surface area contributed by atoms with Crippen LogP contribution in [0.25, 0.3) is 11.3 Å². The van der Waals surface area contributed by atoms with E-state index in [1.54, 1.807) is 0 Å². The lowest BCUT2D eigenvalue weighted by molar-refractivity contribution is 0.0731. The van der Waals surface area contributed by atoms with E-state index in [4.69, 9.17) is 5.11 Å². The Morgan fingerprint density at radius 3 is 2.73 bits per heavy atom. The molecule has 0 unspecified atom stereocenters. The third kappa shape index (κ3) is 3.36. The van der Waals surface area contributed by atoms with Crippen LogP contribution in [0.2, 0.25) is 0 Å². The van der Waals surface area contributed by atoms with Gasteiger partial charge in [-0.2, -0.15) is 5.10 Å². The Morgan fingerprint density at radius 2 is 2.05 bits per heavy atom. The molecule has 22 heavy (non-hydrogen) atoms. The summed E-state index contributed by atoms with van der Waals surface area (Å²) in [7, 11) is 0. The van der Waals surface area contributed by atoms with Crippen LogP contribution in [0.15, 0.2) is 36.4 Å². The molecule has 0 aliphatic heterocycles. The number of aliphatic hydroxyl groups is 1. The topological polar surface area (TPSA) is 69.2 Å². The summed E-state index contributed by atoms with van der Waals surface area (Å²) >= 11 is 0. The van der Waals surface area contributed by atoms with Crippen LogP contribution in [0.3, 0.4) is 0 Å². The molecule has 5 nitrogen and oxygen atoms in total. The van der Waals surface area contributed by atoms with Gasteiger partial charge in [-0.15, -0.1) is 0 Å². The minimum Gasteiger partial charge on any atom is -0.396 e. The molecule has 2 N–H and O–H groups in total. The molecule has 1 amide bonds. The van der Waals surface area contributed by atoms with Crippen LogP contribution >= 0.6 is 0 Å². The Hall–Kier alpha value is -2.14. The second-order valence-corrected chi connectivity index (χ2v) is 5.69. The summed E-state index contributed by atoms with van der Waals surface area (Å²) in [6.07, 6.45) is 3.71. The number of hydrogen-bond acceptors (Lipinski definition) is 3. The highest BCUT2D eigenvalue weighted by molar-refractivity contribution is 5.93. The highest BCUT2D eigenvalue weighted by Crippen LogP contribution is 2.29. The van der Waals surface area contributed by atoms with Gasteiger partial charge in [0.15, 0.2) is 0 Å². The molecule has 1 aliphatic rings. The summed E-state index contributed by atoms with van der Waals surface area (Å²) in [6.45, 7) is 0.874. The smallest absolute Gasteiger partial charge is 0.272 e. The van der Waals surface area contributed by atoms with E-state index in [9.17, 15) is 4.79 Å². The zero-order valence-corrected chi connectivity index (χ0v) is 12.5. The summed E-state index contributed by atoms with van der Waals surface area (Å²) in [5, 5.41) is 16.0. The molecule has 1 fully saturated rings. The number of carbonyl (C=O) groups is 1. The maximum absolute atomic E-state index is 12.7. The zero-order valence-electron chi connectivity index (χ0n) is 12.5. The predicted octanol–water partition coefficient (Wildman–Crippen LogP) is 2.45. The van der Waals surface area contributed by atoms with E-state index in [0.717, 1.165) is 36.9 Å². The minimum atomic E-state index is 0.00937.